The smallest absolute Gasteiger partial charge is 0.216 e. The van der Waals surface area contributed by atoms with Crippen molar-refractivity contribution in [1.29, 1.82) is 0 Å². The van der Waals surface area contributed by atoms with Gasteiger partial charge in [-0.2, -0.15) is 0 Å². The molecule has 0 radical (unpaired) electrons. The van der Waals surface area contributed by atoms with E-state index in [0.29, 0.717) is 5.92 Å². The van der Waals surface area contributed by atoms with E-state index in [0.717, 1.165) is 19.4 Å². The number of rotatable bonds is 3. The molecule has 1 atom stereocenters. The van der Waals surface area contributed by atoms with Crippen molar-refractivity contribution in [3.63, 3.8) is 0 Å². The third kappa shape index (κ3) is 1.88. The lowest BCUT2D eigenvalue weighted by atomic mass is 9.97. The summed E-state index contributed by atoms with van der Waals surface area (Å²) in [5.41, 5.74) is 2.91. The molecule has 2 aromatic carbocycles. The summed E-state index contributed by atoms with van der Waals surface area (Å²) in [7, 11) is 0. The molecule has 3 rings (SSSR count). The second-order valence-electron chi connectivity index (χ2n) is 5.04. The first-order valence-electron chi connectivity index (χ1n) is 6.50. The van der Waals surface area contributed by atoms with E-state index in [4.69, 9.17) is 0 Å². The van der Waals surface area contributed by atoms with Crippen molar-refractivity contribution >= 4 is 16.7 Å². The molecule has 18 heavy (non-hydrogen) atoms. The standard InChI is InChI=1S/C16H17NO/c1-11(18)17-9-8-13-10-14-6-2-4-12-5-3-7-15(13)16(12)14/h2-7,13H,8-10H2,1H3,(H,17,18)/t13-/m1/s1. The van der Waals surface area contributed by atoms with E-state index in [1.807, 2.05) is 0 Å². The fourth-order valence-corrected chi connectivity index (χ4v) is 3.02. The molecular formula is C16H17NO. The van der Waals surface area contributed by atoms with Crippen LogP contribution < -0.4 is 5.32 Å². The number of amides is 1. The minimum Gasteiger partial charge on any atom is -0.356 e. The van der Waals surface area contributed by atoms with Crippen LogP contribution in [-0.2, 0) is 11.2 Å². The molecule has 0 spiro atoms. The number of carbonyl (C=O) groups excluding carboxylic acids is 1. The summed E-state index contributed by atoms with van der Waals surface area (Å²) >= 11 is 0. The lowest BCUT2D eigenvalue weighted by Gasteiger charge is -2.11. The Balaban J connectivity index is 1.87. The highest BCUT2D eigenvalue weighted by Crippen LogP contribution is 2.39. The zero-order valence-electron chi connectivity index (χ0n) is 10.6. The fraction of sp³-hybridized carbons (Fsp3) is 0.312. The van der Waals surface area contributed by atoms with Gasteiger partial charge in [0.25, 0.3) is 0 Å². The Morgan fingerprint density at radius 2 is 2.06 bits per heavy atom. The molecule has 0 bridgehead atoms. The van der Waals surface area contributed by atoms with Gasteiger partial charge >= 0.3 is 0 Å². The maximum Gasteiger partial charge on any atom is 0.216 e. The molecule has 1 aliphatic carbocycles. The zero-order valence-corrected chi connectivity index (χ0v) is 10.6. The highest BCUT2D eigenvalue weighted by atomic mass is 16.1. The average molecular weight is 239 g/mol. The second-order valence-corrected chi connectivity index (χ2v) is 5.04. The number of hydrogen-bond donors (Lipinski definition) is 1. The number of carbonyl (C=O) groups is 1. The molecule has 0 heterocycles. The quantitative estimate of drug-likeness (QED) is 0.876. The van der Waals surface area contributed by atoms with Crippen molar-refractivity contribution < 1.29 is 4.79 Å². The normalized spacial score (nSPS) is 17.1. The predicted molar refractivity (Wildman–Crippen MR) is 73.7 cm³/mol. The van der Waals surface area contributed by atoms with Gasteiger partial charge in [-0.25, -0.2) is 0 Å². The molecule has 2 nitrogen and oxygen atoms in total. The number of nitrogens with one attached hydrogen (secondary N) is 1. The van der Waals surface area contributed by atoms with Crippen molar-refractivity contribution in [2.75, 3.05) is 6.54 Å². The average Bonchev–Trinajstić information content (AvgIpc) is 2.70. The van der Waals surface area contributed by atoms with Gasteiger partial charge in [-0.3, -0.25) is 4.79 Å². The Morgan fingerprint density at radius 1 is 1.28 bits per heavy atom. The number of benzene rings is 2. The monoisotopic (exact) mass is 239 g/mol. The Kier molecular flexibility index (Phi) is 2.78. The van der Waals surface area contributed by atoms with Gasteiger partial charge in [0.05, 0.1) is 0 Å². The number of hydrogen-bond acceptors (Lipinski definition) is 1. The van der Waals surface area contributed by atoms with Crippen LogP contribution in [0.15, 0.2) is 36.4 Å². The summed E-state index contributed by atoms with van der Waals surface area (Å²) < 4.78 is 0. The van der Waals surface area contributed by atoms with E-state index < -0.39 is 0 Å². The summed E-state index contributed by atoms with van der Waals surface area (Å²) in [5, 5.41) is 5.67. The van der Waals surface area contributed by atoms with Crippen LogP contribution in [0.4, 0.5) is 0 Å². The molecule has 0 aliphatic heterocycles. The van der Waals surface area contributed by atoms with E-state index in [1.165, 1.54) is 21.9 Å². The topological polar surface area (TPSA) is 29.1 Å². The third-order valence-corrected chi connectivity index (χ3v) is 3.80. The molecule has 0 unspecified atom stereocenters. The summed E-state index contributed by atoms with van der Waals surface area (Å²) in [6.45, 7) is 2.34. The molecule has 0 fully saturated rings. The van der Waals surface area contributed by atoms with Gasteiger partial charge in [0.15, 0.2) is 0 Å². The van der Waals surface area contributed by atoms with Crippen LogP contribution in [0.25, 0.3) is 10.8 Å². The van der Waals surface area contributed by atoms with Crippen molar-refractivity contribution in [1.82, 2.24) is 5.32 Å². The van der Waals surface area contributed by atoms with Gasteiger partial charge in [-0.1, -0.05) is 36.4 Å². The van der Waals surface area contributed by atoms with Gasteiger partial charge in [-0.15, -0.1) is 0 Å². The summed E-state index contributed by atoms with van der Waals surface area (Å²) in [6.07, 6.45) is 2.13. The van der Waals surface area contributed by atoms with E-state index >= 15 is 0 Å². The maximum atomic E-state index is 10.9. The van der Waals surface area contributed by atoms with Gasteiger partial charge in [0.1, 0.15) is 0 Å². The summed E-state index contributed by atoms with van der Waals surface area (Å²) in [5.74, 6) is 0.613. The third-order valence-electron chi connectivity index (χ3n) is 3.80. The van der Waals surface area contributed by atoms with Crippen LogP contribution in [0.5, 0.6) is 0 Å². The molecule has 1 aliphatic rings. The van der Waals surface area contributed by atoms with Crippen molar-refractivity contribution in [2.45, 2.75) is 25.7 Å². The van der Waals surface area contributed by atoms with Gasteiger partial charge in [-0.05, 0) is 40.7 Å². The fourth-order valence-electron chi connectivity index (χ4n) is 3.02. The van der Waals surface area contributed by atoms with Gasteiger partial charge in [0, 0.05) is 13.5 Å². The van der Waals surface area contributed by atoms with Crippen molar-refractivity contribution in [3.05, 3.63) is 47.5 Å². The molecule has 0 saturated carbocycles. The highest BCUT2D eigenvalue weighted by Gasteiger charge is 2.23. The van der Waals surface area contributed by atoms with Crippen LogP contribution in [0.2, 0.25) is 0 Å². The van der Waals surface area contributed by atoms with E-state index in [9.17, 15) is 4.79 Å². The second kappa shape index (κ2) is 4.45. The first-order valence-corrected chi connectivity index (χ1v) is 6.50. The molecule has 2 aromatic rings. The van der Waals surface area contributed by atoms with E-state index in [1.54, 1.807) is 6.92 Å². The largest absolute Gasteiger partial charge is 0.356 e. The lowest BCUT2D eigenvalue weighted by molar-refractivity contribution is -0.118. The zero-order chi connectivity index (χ0) is 12.5. The van der Waals surface area contributed by atoms with Crippen LogP contribution >= 0.6 is 0 Å². The SMILES string of the molecule is CC(=O)NCC[C@@H]1Cc2cccc3cccc1c23. The molecular weight excluding hydrogens is 222 g/mol. The summed E-state index contributed by atoms with van der Waals surface area (Å²) in [4.78, 5) is 10.9. The van der Waals surface area contributed by atoms with Crippen LogP contribution in [0.3, 0.4) is 0 Å². The molecule has 92 valence electrons. The Bertz CT molecular complexity index is 598. The molecule has 0 saturated heterocycles. The van der Waals surface area contributed by atoms with E-state index in [2.05, 4.69) is 41.7 Å². The van der Waals surface area contributed by atoms with Crippen LogP contribution in [0.1, 0.15) is 30.4 Å². The maximum absolute atomic E-state index is 10.9. The van der Waals surface area contributed by atoms with Crippen molar-refractivity contribution in [2.24, 2.45) is 0 Å². The molecule has 0 aromatic heterocycles. The van der Waals surface area contributed by atoms with Crippen molar-refractivity contribution in [3.8, 4) is 0 Å². The highest BCUT2D eigenvalue weighted by molar-refractivity contribution is 5.91. The minimum atomic E-state index is 0.0590. The molecule has 1 amide bonds. The van der Waals surface area contributed by atoms with Gasteiger partial charge < -0.3 is 5.32 Å². The van der Waals surface area contributed by atoms with E-state index in [-0.39, 0.29) is 5.91 Å². The van der Waals surface area contributed by atoms with Crippen LogP contribution in [0, 0.1) is 0 Å². The van der Waals surface area contributed by atoms with Crippen LogP contribution in [-0.4, -0.2) is 12.5 Å². The lowest BCUT2D eigenvalue weighted by Crippen LogP contribution is -2.22. The minimum absolute atomic E-state index is 0.0590. The predicted octanol–water partition coefficient (Wildman–Crippen LogP) is 3.01. The first-order chi connectivity index (χ1) is 8.75. The molecule has 2 heteroatoms. The Labute approximate surface area is 107 Å². The first kappa shape index (κ1) is 11.3. The summed E-state index contributed by atoms with van der Waals surface area (Å²) in [6, 6.07) is 13.1. The Morgan fingerprint density at radius 3 is 2.83 bits per heavy atom. The van der Waals surface area contributed by atoms with Gasteiger partial charge in [0.2, 0.25) is 5.91 Å². The molecule has 1 N–H and O–H groups in total. The Hall–Kier alpha value is -1.83.